The Labute approximate surface area is 118 Å². The number of nitrogens with one attached hydrogen (secondary N) is 1. The highest BCUT2D eigenvalue weighted by molar-refractivity contribution is 9.10. The largest absolute Gasteiger partial charge is 0.379 e. The van der Waals surface area contributed by atoms with Crippen LogP contribution in [-0.4, -0.2) is 39.4 Å². The fourth-order valence-electron chi connectivity index (χ4n) is 2.15. The molecule has 100 valence electrons. The quantitative estimate of drug-likeness (QED) is 0.925. The molecule has 0 aromatic heterocycles. The fourth-order valence-corrected chi connectivity index (χ4v) is 2.40. The molecule has 1 N–H and O–H groups in total. The van der Waals surface area contributed by atoms with E-state index < -0.39 is 0 Å². The Hall–Kier alpha value is -0.580. The molecule has 0 aliphatic carbocycles. The molecule has 1 unspecified atom stereocenters. The monoisotopic (exact) mass is 312 g/mol. The van der Waals surface area contributed by atoms with Crippen molar-refractivity contribution in [2.45, 2.75) is 19.4 Å². The van der Waals surface area contributed by atoms with E-state index in [0.29, 0.717) is 6.04 Å². The van der Waals surface area contributed by atoms with Crippen LogP contribution in [0.15, 0.2) is 22.7 Å². The predicted octanol–water partition coefficient (Wildman–Crippen LogP) is 2.57. The number of hydrogen-bond acceptors (Lipinski definition) is 3. The number of benzene rings is 1. The number of ether oxygens (including phenoxy) is 1. The fraction of sp³-hybridized carbons (Fsp3) is 0.571. The second kappa shape index (κ2) is 6.55. The first-order chi connectivity index (χ1) is 8.66. The minimum Gasteiger partial charge on any atom is -0.379 e. The molecule has 1 atom stereocenters. The van der Waals surface area contributed by atoms with Crippen molar-refractivity contribution in [3.05, 3.63) is 28.2 Å². The van der Waals surface area contributed by atoms with Gasteiger partial charge in [0, 0.05) is 36.3 Å². The van der Waals surface area contributed by atoms with Crippen molar-refractivity contribution >= 4 is 21.6 Å². The summed E-state index contributed by atoms with van der Waals surface area (Å²) < 4.78 is 6.64. The van der Waals surface area contributed by atoms with Gasteiger partial charge in [0.1, 0.15) is 0 Å². The summed E-state index contributed by atoms with van der Waals surface area (Å²) in [4.78, 5) is 2.30. The van der Waals surface area contributed by atoms with E-state index in [1.54, 1.807) is 0 Å². The SMILES string of the molecule is Cc1cc(N(C)CCC2COCCN2)ccc1Br. The van der Waals surface area contributed by atoms with Gasteiger partial charge in [-0.3, -0.25) is 0 Å². The van der Waals surface area contributed by atoms with Crippen LogP contribution in [0.2, 0.25) is 0 Å². The molecule has 2 rings (SSSR count). The Balaban J connectivity index is 1.86. The molecule has 1 heterocycles. The molecule has 1 aromatic carbocycles. The van der Waals surface area contributed by atoms with Gasteiger partial charge in [-0.05, 0) is 37.1 Å². The third-order valence-electron chi connectivity index (χ3n) is 3.39. The zero-order valence-electron chi connectivity index (χ0n) is 11.1. The molecule has 4 heteroatoms. The van der Waals surface area contributed by atoms with Crippen LogP contribution in [0.1, 0.15) is 12.0 Å². The van der Waals surface area contributed by atoms with Crippen LogP contribution in [0, 0.1) is 6.92 Å². The molecule has 1 aliphatic rings. The predicted molar refractivity (Wildman–Crippen MR) is 79.4 cm³/mol. The van der Waals surface area contributed by atoms with Crippen molar-refractivity contribution in [1.29, 1.82) is 0 Å². The minimum atomic E-state index is 0.498. The average Bonchev–Trinajstić information content (AvgIpc) is 2.40. The smallest absolute Gasteiger partial charge is 0.0620 e. The standard InChI is InChI=1S/C14H21BrN2O/c1-11-9-13(3-4-14(11)15)17(2)7-5-12-10-18-8-6-16-12/h3-4,9,12,16H,5-8,10H2,1-2H3. The number of rotatable bonds is 4. The van der Waals surface area contributed by atoms with Crippen molar-refractivity contribution < 1.29 is 4.74 Å². The van der Waals surface area contributed by atoms with Gasteiger partial charge in [-0.2, -0.15) is 0 Å². The van der Waals surface area contributed by atoms with Crippen LogP contribution < -0.4 is 10.2 Å². The lowest BCUT2D eigenvalue weighted by atomic mass is 10.1. The summed E-state index contributed by atoms with van der Waals surface area (Å²) in [6.45, 7) is 5.83. The molecule has 3 nitrogen and oxygen atoms in total. The van der Waals surface area contributed by atoms with E-state index in [1.807, 2.05) is 0 Å². The van der Waals surface area contributed by atoms with Gasteiger partial charge in [-0.15, -0.1) is 0 Å². The van der Waals surface area contributed by atoms with Crippen molar-refractivity contribution in [1.82, 2.24) is 5.32 Å². The molecule has 0 saturated carbocycles. The molecular formula is C14H21BrN2O. The van der Waals surface area contributed by atoms with Crippen LogP contribution in [0.4, 0.5) is 5.69 Å². The first kappa shape index (κ1) is 13.8. The molecular weight excluding hydrogens is 292 g/mol. The van der Waals surface area contributed by atoms with Crippen molar-refractivity contribution in [2.24, 2.45) is 0 Å². The van der Waals surface area contributed by atoms with Gasteiger partial charge in [0.25, 0.3) is 0 Å². The number of halogens is 1. The highest BCUT2D eigenvalue weighted by Crippen LogP contribution is 2.22. The van der Waals surface area contributed by atoms with Crippen molar-refractivity contribution in [3.63, 3.8) is 0 Å². The van der Waals surface area contributed by atoms with Gasteiger partial charge in [0.2, 0.25) is 0 Å². The number of aryl methyl sites for hydroxylation is 1. The number of hydrogen-bond donors (Lipinski definition) is 1. The summed E-state index contributed by atoms with van der Waals surface area (Å²) >= 11 is 3.53. The van der Waals surface area contributed by atoms with Gasteiger partial charge >= 0.3 is 0 Å². The summed E-state index contributed by atoms with van der Waals surface area (Å²) in [5.74, 6) is 0. The maximum atomic E-state index is 5.47. The molecule has 1 aromatic rings. The lowest BCUT2D eigenvalue weighted by Gasteiger charge is -2.27. The maximum Gasteiger partial charge on any atom is 0.0620 e. The highest BCUT2D eigenvalue weighted by Gasteiger charge is 2.13. The number of morpholine rings is 1. The van der Waals surface area contributed by atoms with Crippen molar-refractivity contribution in [3.8, 4) is 0 Å². The molecule has 1 saturated heterocycles. The van der Waals surface area contributed by atoms with Gasteiger partial charge in [-0.1, -0.05) is 15.9 Å². The Morgan fingerprint density at radius 3 is 3.00 bits per heavy atom. The summed E-state index contributed by atoms with van der Waals surface area (Å²) in [5, 5.41) is 3.49. The van der Waals surface area contributed by atoms with E-state index in [9.17, 15) is 0 Å². The van der Waals surface area contributed by atoms with E-state index in [1.165, 1.54) is 15.7 Å². The van der Waals surface area contributed by atoms with Gasteiger partial charge < -0.3 is 15.0 Å². The lowest BCUT2D eigenvalue weighted by molar-refractivity contribution is 0.0749. The van der Waals surface area contributed by atoms with Crippen LogP contribution in [0.5, 0.6) is 0 Å². The molecule has 18 heavy (non-hydrogen) atoms. The first-order valence-electron chi connectivity index (χ1n) is 6.45. The molecule has 0 spiro atoms. The van der Waals surface area contributed by atoms with Crippen LogP contribution in [-0.2, 0) is 4.74 Å². The van der Waals surface area contributed by atoms with E-state index in [4.69, 9.17) is 4.74 Å². The van der Waals surface area contributed by atoms with E-state index in [-0.39, 0.29) is 0 Å². The van der Waals surface area contributed by atoms with Crippen molar-refractivity contribution in [2.75, 3.05) is 38.3 Å². The second-order valence-corrected chi connectivity index (χ2v) is 5.72. The third kappa shape index (κ3) is 3.70. The van der Waals surface area contributed by atoms with Gasteiger partial charge in [0.05, 0.1) is 13.2 Å². The Kier molecular flexibility index (Phi) is 5.03. The van der Waals surface area contributed by atoms with E-state index in [2.05, 4.69) is 58.3 Å². The number of anilines is 1. The Morgan fingerprint density at radius 1 is 1.50 bits per heavy atom. The molecule has 1 fully saturated rings. The third-order valence-corrected chi connectivity index (χ3v) is 4.28. The molecule has 0 amide bonds. The maximum absolute atomic E-state index is 5.47. The van der Waals surface area contributed by atoms with Gasteiger partial charge in [-0.25, -0.2) is 0 Å². The van der Waals surface area contributed by atoms with Crippen LogP contribution in [0.3, 0.4) is 0 Å². The van der Waals surface area contributed by atoms with E-state index >= 15 is 0 Å². The average molecular weight is 313 g/mol. The second-order valence-electron chi connectivity index (χ2n) is 4.87. The molecule has 0 bridgehead atoms. The summed E-state index contributed by atoms with van der Waals surface area (Å²) in [5.41, 5.74) is 2.55. The van der Waals surface area contributed by atoms with Crippen LogP contribution in [0.25, 0.3) is 0 Å². The Morgan fingerprint density at radius 2 is 2.33 bits per heavy atom. The normalized spacial score (nSPS) is 19.8. The van der Waals surface area contributed by atoms with Gasteiger partial charge in [0.15, 0.2) is 0 Å². The summed E-state index contributed by atoms with van der Waals surface area (Å²) in [6, 6.07) is 6.98. The Bertz CT molecular complexity index is 391. The van der Waals surface area contributed by atoms with Crippen LogP contribution >= 0.6 is 15.9 Å². The highest BCUT2D eigenvalue weighted by atomic mass is 79.9. The van der Waals surface area contributed by atoms with E-state index in [0.717, 1.165) is 32.7 Å². The summed E-state index contributed by atoms with van der Waals surface area (Å²) in [7, 11) is 2.15. The first-order valence-corrected chi connectivity index (χ1v) is 7.24. The lowest BCUT2D eigenvalue weighted by Crippen LogP contribution is -2.42. The molecule has 1 aliphatic heterocycles. The minimum absolute atomic E-state index is 0.498. The zero-order valence-corrected chi connectivity index (χ0v) is 12.7. The topological polar surface area (TPSA) is 24.5 Å². The number of nitrogens with zero attached hydrogens (tertiary/aromatic N) is 1. The zero-order chi connectivity index (χ0) is 13.0. The summed E-state index contributed by atoms with van der Waals surface area (Å²) in [6.07, 6.45) is 1.12. The molecule has 0 radical (unpaired) electrons.